The summed E-state index contributed by atoms with van der Waals surface area (Å²) in [5.74, 6) is -0.178. The van der Waals surface area contributed by atoms with Crippen LogP contribution in [-0.2, 0) is 19.2 Å². The number of aryl methyl sites for hydroxylation is 1. The van der Waals surface area contributed by atoms with Crippen LogP contribution in [0.15, 0.2) is 212 Å². The number of aromatic hydroxyl groups is 4. The number of hydrogen-bond acceptors (Lipinski definition) is 32. The van der Waals surface area contributed by atoms with Crippen LogP contribution >= 0.6 is 11.3 Å². The lowest BCUT2D eigenvalue weighted by Gasteiger charge is -2.14. The molecule has 0 aliphatic rings. The number of thiophene rings is 1. The van der Waals surface area contributed by atoms with Gasteiger partial charge >= 0.3 is 0 Å². The number of methoxy groups -OCH3 is 2. The van der Waals surface area contributed by atoms with Crippen LogP contribution in [0.2, 0.25) is 0 Å². The molecule has 0 bridgehead atoms. The van der Waals surface area contributed by atoms with Crippen LogP contribution in [0.4, 0.5) is 0 Å². The van der Waals surface area contributed by atoms with Crippen molar-refractivity contribution >= 4 is 148 Å². The second kappa shape index (κ2) is 63.0. The summed E-state index contributed by atoms with van der Waals surface area (Å²) in [6.45, 7) is 2.94. The molecule has 0 amide bonds. The first kappa shape index (κ1) is 107. The molecule has 0 fully saturated rings. The predicted molar refractivity (Wildman–Crippen MR) is 480 cm³/mol. The van der Waals surface area contributed by atoms with E-state index in [0.717, 1.165) is 67.2 Å². The number of aromatic nitrogens is 3. The highest BCUT2D eigenvalue weighted by molar-refractivity contribution is 7.12. The van der Waals surface area contributed by atoms with Crippen molar-refractivity contribution in [2.45, 2.75) is 57.8 Å². The minimum atomic E-state index is -0.752. The number of nitrogens with zero attached hydrogens (tertiary/aromatic N) is 3. The lowest BCUT2D eigenvalue weighted by Crippen LogP contribution is -2.03. The van der Waals surface area contributed by atoms with E-state index in [-0.39, 0.29) is 84.8 Å². The number of aldehydes is 20. The van der Waals surface area contributed by atoms with E-state index in [9.17, 15) is 111 Å². The molecular formula is C98H87N3O28S. The van der Waals surface area contributed by atoms with Gasteiger partial charge in [0.05, 0.1) is 65.8 Å². The molecule has 0 atom stereocenters. The molecule has 0 aliphatic carbocycles. The molecule has 4 N–H and O–H groups in total. The highest BCUT2D eigenvalue weighted by Crippen LogP contribution is 2.45. The Kier molecular flexibility index (Phi) is 51.9. The fraction of sp³-hybridized carbons (Fsp3) is 0.133. The van der Waals surface area contributed by atoms with Crippen molar-refractivity contribution in [2.75, 3.05) is 27.4 Å². The summed E-state index contributed by atoms with van der Waals surface area (Å²) in [6, 6.07) is 52.7. The SMILES string of the molecule is COc1cc(C=O)cc(-c2cc(C=O)cc(OC)c2O)c1O.Cc1cc(C=O)c(O)c(C=O)c1.O=CC(C=O)c1ccncn1.O=CCCCC=O.O=Cc1cc2ccccc2cc1C=O.O=Cc1ccc(O)c(C=O)c1.O=Cc1cccc(C=O)n1.O=Cc1ccccc1C=O.O=Cc1ccccc1OCCCCCCOc1ccccc1C=O.O=Cc1ccsc1C=O. The Labute approximate surface area is 748 Å². The number of phenols is 4. The molecule has 12 aromatic rings. The van der Waals surface area contributed by atoms with Gasteiger partial charge in [0.25, 0.3) is 0 Å². The van der Waals surface area contributed by atoms with E-state index in [4.69, 9.17) is 24.1 Å². The predicted octanol–water partition coefficient (Wildman–Crippen LogP) is 15.4. The van der Waals surface area contributed by atoms with E-state index < -0.39 is 5.92 Å². The number of para-hydroxylation sites is 2. The van der Waals surface area contributed by atoms with Crippen molar-refractivity contribution in [2.24, 2.45) is 0 Å². The molecule has 32 heteroatoms. The topological polar surface area (TPSA) is 498 Å². The fourth-order valence-electron chi connectivity index (χ4n) is 10.5. The monoisotopic (exact) mass is 1790 g/mol. The van der Waals surface area contributed by atoms with Crippen LogP contribution in [0.3, 0.4) is 0 Å². The number of rotatable bonds is 35. The first-order valence-corrected chi connectivity index (χ1v) is 39.4. The lowest BCUT2D eigenvalue weighted by molar-refractivity contribution is -0.116. The first-order valence-electron chi connectivity index (χ1n) is 38.5. The molecule has 0 saturated carbocycles. The molecule has 0 saturated heterocycles. The molecule has 130 heavy (non-hydrogen) atoms. The molecule has 0 spiro atoms. The molecule has 0 radical (unpaired) electrons. The van der Waals surface area contributed by atoms with Crippen molar-refractivity contribution in [1.29, 1.82) is 0 Å². The molecule has 3 aromatic heterocycles. The maximum absolute atomic E-state index is 11.0. The van der Waals surface area contributed by atoms with Crippen LogP contribution in [0.1, 0.15) is 227 Å². The minimum absolute atomic E-state index is 0.0782. The smallest absolute Gasteiger partial charge is 0.168 e. The summed E-state index contributed by atoms with van der Waals surface area (Å²) in [5, 5.41) is 42.4. The molecule has 3 heterocycles. The number of carbonyl (C=O) groups excluding carboxylic acids is 20. The number of hydrogen-bond donors (Lipinski definition) is 4. The Morgan fingerprint density at radius 2 is 0.769 bits per heavy atom. The summed E-state index contributed by atoms with van der Waals surface area (Å²) in [6.07, 6.45) is 21.5. The van der Waals surface area contributed by atoms with E-state index in [2.05, 4.69) is 15.0 Å². The Morgan fingerprint density at radius 3 is 1.14 bits per heavy atom. The third kappa shape index (κ3) is 36.8. The van der Waals surface area contributed by atoms with Gasteiger partial charge in [0.15, 0.2) is 105 Å². The molecule has 31 nitrogen and oxygen atoms in total. The van der Waals surface area contributed by atoms with Crippen LogP contribution < -0.4 is 18.9 Å². The first-order chi connectivity index (χ1) is 63.1. The molecule has 668 valence electrons. The van der Waals surface area contributed by atoms with Gasteiger partial charge in [0.1, 0.15) is 90.6 Å². The zero-order valence-electron chi connectivity index (χ0n) is 70.0. The van der Waals surface area contributed by atoms with Gasteiger partial charge < -0.3 is 58.6 Å². The summed E-state index contributed by atoms with van der Waals surface area (Å²) in [4.78, 5) is 218. The maximum Gasteiger partial charge on any atom is 0.168 e. The number of fused-ring (bicyclic) bond motifs is 1. The number of carbonyl (C=O) groups is 20. The summed E-state index contributed by atoms with van der Waals surface area (Å²) in [7, 11) is 2.69. The van der Waals surface area contributed by atoms with Crippen molar-refractivity contribution in [3.63, 3.8) is 0 Å². The van der Waals surface area contributed by atoms with Crippen molar-refractivity contribution < 1.29 is 135 Å². The second-order valence-electron chi connectivity index (χ2n) is 25.8. The van der Waals surface area contributed by atoms with E-state index in [1.54, 1.807) is 85.1 Å². The molecule has 9 aromatic carbocycles. The van der Waals surface area contributed by atoms with E-state index in [1.165, 1.54) is 98.7 Å². The summed E-state index contributed by atoms with van der Waals surface area (Å²) >= 11 is 1.27. The lowest BCUT2D eigenvalue weighted by atomic mass is 9.98. The van der Waals surface area contributed by atoms with E-state index >= 15 is 0 Å². The van der Waals surface area contributed by atoms with Gasteiger partial charge in [-0.2, -0.15) is 0 Å². The van der Waals surface area contributed by atoms with Crippen LogP contribution in [0.5, 0.6) is 46.0 Å². The van der Waals surface area contributed by atoms with Crippen molar-refractivity contribution in [3.05, 3.63) is 312 Å². The van der Waals surface area contributed by atoms with Gasteiger partial charge in [-0.25, -0.2) is 15.0 Å². The Hall–Kier alpha value is -17.0. The highest BCUT2D eigenvalue weighted by Gasteiger charge is 2.20. The van der Waals surface area contributed by atoms with Crippen LogP contribution in [0.25, 0.3) is 21.9 Å². The van der Waals surface area contributed by atoms with Gasteiger partial charge in [-0.05, 0) is 176 Å². The third-order valence-corrected chi connectivity index (χ3v) is 17.9. The van der Waals surface area contributed by atoms with Gasteiger partial charge in [-0.3, -0.25) is 76.7 Å². The van der Waals surface area contributed by atoms with E-state index in [0.29, 0.717) is 200 Å². The molecule has 12 rings (SSSR count). The van der Waals surface area contributed by atoms with Crippen molar-refractivity contribution in [3.8, 4) is 57.1 Å². The maximum atomic E-state index is 11.0. The summed E-state index contributed by atoms with van der Waals surface area (Å²) < 4.78 is 21.3. The van der Waals surface area contributed by atoms with Crippen LogP contribution in [0, 0.1) is 6.92 Å². The third-order valence-electron chi connectivity index (χ3n) is 17.1. The Morgan fingerprint density at radius 1 is 0.346 bits per heavy atom. The quantitative estimate of drug-likeness (QED) is 0.0163. The van der Waals surface area contributed by atoms with Gasteiger partial charge in [0, 0.05) is 74.7 Å². The normalized spacial score (nSPS) is 9.51. The number of unbranched alkanes of at least 4 members (excludes halogenated alkanes) is 5. The van der Waals surface area contributed by atoms with Gasteiger partial charge in [0.2, 0.25) is 0 Å². The highest BCUT2D eigenvalue weighted by atomic mass is 32.1. The standard InChI is InChI=1S/C20H22O4.C16H14O6.C12H8O2.C9H8O3.C8H6O3.C8H6O2.C7H6N2O2.C7H5NO2.C6H4O2S.C5H8O2/c21-15-17-9-3-5-11-19(17)23-13-7-1-2-8-14-24-20-12-6-4-10-18(20)16-22;1-21-13-5-9(7-17)3-11(15(13)19)12-4-10(8-18)6-14(22-2)16(12)20;13-7-11-5-9-3-1-2-4-10(9)6-12(11)8-14;1-6-2-7(4-10)9(12)8(3-6)5-11;9-4-6-1-2-8(11)7(3-6)5-10;9-5-7-3-1-2-4-8(7)6-10;10-3-6(4-11)7-1-2-8-5-9-7;9-4-6-2-1-3-7(5-10)8-6;7-3-5-1-2-9-6(5)4-8;6-4-2-1-3-5-7/h3-6,9-12,15-16H,1-2,7-8,13-14H2;3-8,19-20H,1-2H3;1-8H;2-5,12H,1H3;1-5,11H;1-6H;1-6H;1-5H;1-4H;4-5H,1-3H2. The van der Waals surface area contributed by atoms with Crippen molar-refractivity contribution in [1.82, 2.24) is 15.0 Å². The average Bonchev–Trinajstić information content (AvgIpc) is 0.792. The van der Waals surface area contributed by atoms with Crippen LogP contribution in [-0.4, -0.2) is 189 Å². The molecule has 0 aliphatic heterocycles. The fourth-order valence-corrected chi connectivity index (χ4v) is 11.2. The number of ether oxygens (including phenoxy) is 4. The Bertz CT molecular complexity index is 5510. The van der Waals surface area contributed by atoms with E-state index in [1.807, 2.05) is 60.7 Å². The largest absolute Gasteiger partial charge is 0.507 e. The van der Waals surface area contributed by atoms with Gasteiger partial charge in [-0.15, -0.1) is 11.3 Å². The van der Waals surface area contributed by atoms with Gasteiger partial charge in [-0.1, -0.05) is 78.9 Å². The zero-order valence-corrected chi connectivity index (χ0v) is 70.8. The zero-order chi connectivity index (χ0) is 95.8. The number of benzene rings is 9. The molecular weight excluding hydrogens is 1700 g/mol. The minimum Gasteiger partial charge on any atom is -0.507 e. The average molecular weight is 1790 g/mol. The number of pyridine rings is 1. The number of phenolic OH excluding ortho intramolecular Hbond substituents is 4. The second-order valence-corrected chi connectivity index (χ2v) is 26.8. The Balaban J connectivity index is 0.000000381. The molecule has 0 unspecified atom stereocenters. The summed E-state index contributed by atoms with van der Waals surface area (Å²) in [5.41, 5.74) is 6.81.